The average Bonchev–Trinajstić information content (AvgIpc) is 2.17. The van der Waals surface area contributed by atoms with Crippen molar-refractivity contribution >= 4 is 22.5 Å². The molecule has 0 bridgehead atoms. The van der Waals surface area contributed by atoms with Crippen LogP contribution in [0.1, 0.15) is 11.5 Å². The van der Waals surface area contributed by atoms with Gasteiger partial charge in [0.2, 0.25) is 5.82 Å². The summed E-state index contributed by atoms with van der Waals surface area (Å²) < 4.78 is 37.3. The van der Waals surface area contributed by atoms with Crippen molar-refractivity contribution in [2.75, 3.05) is 0 Å². The number of hydrogen-bond donors (Lipinski definition) is 0. The lowest BCUT2D eigenvalue weighted by atomic mass is 10.2. The van der Waals surface area contributed by atoms with Gasteiger partial charge in [0.1, 0.15) is 0 Å². The second-order valence-corrected chi connectivity index (χ2v) is 3.73. The predicted molar refractivity (Wildman–Crippen MR) is 54.3 cm³/mol. The highest BCUT2D eigenvalue weighted by molar-refractivity contribution is 6.31. The number of aromatic nitrogens is 2. The number of aryl methyl sites for hydroxylation is 1. The molecule has 2 nitrogen and oxygen atoms in total. The molecule has 2 rings (SSSR count). The summed E-state index contributed by atoms with van der Waals surface area (Å²) in [6.45, 7) is 1.50. The summed E-state index contributed by atoms with van der Waals surface area (Å²) in [7, 11) is 0. The normalized spacial score (nSPS) is 12.1. The van der Waals surface area contributed by atoms with Gasteiger partial charge in [-0.3, -0.25) is 0 Å². The Hall–Kier alpha value is -1.36. The van der Waals surface area contributed by atoms with Gasteiger partial charge in [0.15, 0.2) is 0 Å². The Kier molecular flexibility index (Phi) is 2.50. The highest BCUT2D eigenvalue weighted by Gasteiger charge is 2.35. The molecule has 2 aromatic rings. The first-order valence-electron chi connectivity index (χ1n) is 4.39. The first kappa shape index (κ1) is 11.1. The smallest absolute Gasteiger partial charge is 0.229 e. The largest absolute Gasteiger partial charge is 0.451 e. The third-order valence-electron chi connectivity index (χ3n) is 2.10. The summed E-state index contributed by atoms with van der Waals surface area (Å²) in [6.07, 6.45) is -4.53. The summed E-state index contributed by atoms with van der Waals surface area (Å²) in [6, 6.07) is 4.49. The Bertz CT molecular complexity index is 551. The number of hydrogen-bond acceptors (Lipinski definition) is 2. The number of halogens is 4. The summed E-state index contributed by atoms with van der Waals surface area (Å²) in [4.78, 5) is 6.87. The van der Waals surface area contributed by atoms with Crippen molar-refractivity contribution in [3.8, 4) is 0 Å². The van der Waals surface area contributed by atoms with Crippen LogP contribution in [-0.2, 0) is 6.18 Å². The van der Waals surface area contributed by atoms with Crippen molar-refractivity contribution in [1.29, 1.82) is 0 Å². The standard InChI is InChI=1S/C10H6ClF3N2/c1-5-7-4-6(11)2-3-8(7)16-9(15-5)10(12,13)14/h2-4H,1H3. The van der Waals surface area contributed by atoms with Crippen LogP contribution in [0.2, 0.25) is 5.02 Å². The zero-order valence-electron chi connectivity index (χ0n) is 8.14. The molecule has 0 aliphatic heterocycles. The van der Waals surface area contributed by atoms with Gasteiger partial charge in [0.05, 0.1) is 5.52 Å². The van der Waals surface area contributed by atoms with Gasteiger partial charge in [-0.15, -0.1) is 0 Å². The summed E-state index contributed by atoms with van der Waals surface area (Å²) in [5, 5.41) is 0.972. The maximum absolute atomic E-state index is 12.4. The first-order valence-corrected chi connectivity index (χ1v) is 4.77. The van der Waals surface area contributed by atoms with E-state index in [9.17, 15) is 13.2 Å². The molecule has 0 aliphatic carbocycles. The van der Waals surface area contributed by atoms with Gasteiger partial charge in [-0.25, -0.2) is 9.97 Å². The molecule has 1 aromatic carbocycles. The lowest BCUT2D eigenvalue weighted by Gasteiger charge is -2.08. The zero-order valence-corrected chi connectivity index (χ0v) is 8.89. The molecule has 84 valence electrons. The second kappa shape index (κ2) is 3.59. The van der Waals surface area contributed by atoms with Crippen molar-refractivity contribution in [3.05, 3.63) is 34.7 Å². The van der Waals surface area contributed by atoms with Crippen LogP contribution in [0.3, 0.4) is 0 Å². The molecule has 6 heteroatoms. The zero-order chi connectivity index (χ0) is 11.9. The lowest BCUT2D eigenvalue weighted by molar-refractivity contribution is -0.144. The highest BCUT2D eigenvalue weighted by Crippen LogP contribution is 2.29. The third-order valence-corrected chi connectivity index (χ3v) is 2.34. The summed E-state index contributed by atoms with van der Waals surface area (Å²) >= 11 is 5.74. The molecule has 0 aliphatic rings. The van der Waals surface area contributed by atoms with Gasteiger partial charge < -0.3 is 0 Å². The van der Waals surface area contributed by atoms with E-state index in [1.165, 1.54) is 19.1 Å². The van der Waals surface area contributed by atoms with E-state index in [0.29, 0.717) is 10.4 Å². The fraction of sp³-hybridized carbons (Fsp3) is 0.200. The molecular weight excluding hydrogens is 241 g/mol. The van der Waals surface area contributed by atoms with Crippen LogP contribution in [-0.4, -0.2) is 9.97 Å². The van der Waals surface area contributed by atoms with Gasteiger partial charge in [-0.2, -0.15) is 13.2 Å². The second-order valence-electron chi connectivity index (χ2n) is 3.29. The van der Waals surface area contributed by atoms with Gasteiger partial charge in [0.25, 0.3) is 0 Å². The number of rotatable bonds is 0. The maximum Gasteiger partial charge on any atom is 0.451 e. The molecule has 0 amide bonds. The molecule has 0 saturated heterocycles. The SMILES string of the molecule is Cc1nc(C(F)(F)F)nc2ccc(Cl)cc12. The molecule has 0 spiro atoms. The van der Waals surface area contributed by atoms with E-state index in [-0.39, 0.29) is 11.2 Å². The lowest BCUT2D eigenvalue weighted by Crippen LogP contribution is -2.12. The van der Waals surface area contributed by atoms with Gasteiger partial charge >= 0.3 is 6.18 Å². The van der Waals surface area contributed by atoms with Crippen LogP contribution in [0.4, 0.5) is 13.2 Å². The predicted octanol–water partition coefficient (Wildman–Crippen LogP) is 3.61. The Morgan fingerprint density at radius 3 is 2.50 bits per heavy atom. The molecule has 0 radical (unpaired) electrons. The Labute approximate surface area is 94.1 Å². The molecule has 0 unspecified atom stereocenters. The van der Waals surface area contributed by atoms with Gasteiger partial charge in [-0.1, -0.05) is 11.6 Å². The maximum atomic E-state index is 12.4. The van der Waals surface area contributed by atoms with E-state index < -0.39 is 12.0 Å². The molecule has 0 atom stereocenters. The molecule has 0 saturated carbocycles. The van der Waals surface area contributed by atoms with Crippen LogP contribution in [0.5, 0.6) is 0 Å². The van der Waals surface area contributed by atoms with E-state index in [1.54, 1.807) is 6.07 Å². The molecule has 16 heavy (non-hydrogen) atoms. The van der Waals surface area contributed by atoms with E-state index in [2.05, 4.69) is 9.97 Å². The van der Waals surface area contributed by atoms with E-state index in [4.69, 9.17) is 11.6 Å². The van der Waals surface area contributed by atoms with Crippen molar-refractivity contribution in [1.82, 2.24) is 9.97 Å². The summed E-state index contributed by atoms with van der Waals surface area (Å²) in [5.41, 5.74) is 0.504. The quantitative estimate of drug-likeness (QED) is 0.710. The fourth-order valence-corrected chi connectivity index (χ4v) is 1.55. The minimum atomic E-state index is -4.53. The van der Waals surface area contributed by atoms with Crippen molar-refractivity contribution in [3.63, 3.8) is 0 Å². The van der Waals surface area contributed by atoms with Crippen molar-refractivity contribution in [2.45, 2.75) is 13.1 Å². The summed E-state index contributed by atoms with van der Waals surface area (Å²) in [5.74, 6) is -1.13. The van der Waals surface area contributed by atoms with E-state index in [1.807, 2.05) is 0 Å². The van der Waals surface area contributed by atoms with E-state index in [0.717, 1.165) is 0 Å². The number of alkyl halides is 3. The van der Waals surface area contributed by atoms with Crippen molar-refractivity contribution < 1.29 is 13.2 Å². The molecule has 0 N–H and O–H groups in total. The molecule has 1 heterocycles. The monoisotopic (exact) mass is 246 g/mol. The molecule has 0 fully saturated rings. The van der Waals surface area contributed by atoms with Crippen LogP contribution >= 0.6 is 11.6 Å². The Morgan fingerprint density at radius 2 is 1.88 bits per heavy atom. The Balaban J connectivity index is 2.74. The average molecular weight is 247 g/mol. The highest BCUT2D eigenvalue weighted by atomic mass is 35.5. The van der Waals surface area contributed by atoms with E-state index >= 15 is 0 Å². The fourth-order valence-electron chi connectivity index (χ4n) is 1.38. The minimum Gasteiger partial charge on any atom is -0.229 e. The van der Waals surface area contributed by atoms with Crippen LogP contribution in [0.25, 0.3) is 10.9 Å². The number of nitrogens with zero attached hydrogens (tertiary/aromatic N) is 2. The van der Waals surface area contributed by atoms with Crippen molar-refractivity contribution in [2.24, 2.45) is 0 Å². The van der Waals surface area contributed by atoms with Gasteiger partial charge in [0, 0.05) is 16.1 Å². The number of benzene rings is 1. The van der Waals surface area contributed by atoms with Crippen LogP contribution in [0.15, 0.2) is 18.2 Å². The molecule has 1 aromatic heterocycles. The minimum absolute atomic E-state index is 0.240. The van der Waals surface area contributed by atoms with Crippen LogP contribution < -0.4 is 0 Å². The van der Waals surface area contributed by atoms with Crippen LogP contribution in [0, 0.1) is 6.92 Å². The molecular formula is C10H6ClF3N2. The van der Waals surface area contributed by atoms with Gasteiger partial charge in [-0.05, 0) is 25.1 Å². The first-order chi connectivity index (χ1) is 7.38. The topological polar surface area (TPSA) is 25.8 Å². The third kappa shape index (κ3) is 1.95. The number of fused-ring (bicyclic) bond motifs is 1. The Morgan fingerprint density at radius 1 is 1.19 bits per heavy atom.